The molecular formula is C13H26N2O. The molecule has 0 saturated heterocycles. The van der Waals surface area contributed by atoms with Gasteiger partial charge < -0.3 is 15.8 Å². The lowest BCUT2D eigenvalue weighted by molar-refractivity contribution is 0.0768. The number of hydrogen-bond acceptors (Lipinski definition) is 3. The molecule has 0 amide bonds. The van der Waals surface area contributed by atoms with Crippen molar-refractivity contribution in [3.63, 3.8) is 0 Å². The van der Waals surface area contributed by atoms with Gasteiger partial charge in [-0.2, -0.15) is 0 Å². The molecule has 2 aliphatic rings. The SMILES string of the molecule is COC(CNC1CCCCC1CN)C1CC1. The Labute approximate surface area is 99.1 Å². The zero-order valence-electron chi connectivity index (χ0n) is 10.5. The fourth-order valence-electron chi connectivity index (χ4n) is 2.94. The minimum absolute atomic E-state index is 0.431. The quantitative estimate of drug-likeness (QED) is 0.722. The molecule has 0 heterocycles. The smallest absolute Gasteiger partial charge is 0.0723 e. The van der Waals surface area contributed by atoms with Crippen LogP contribution in [0.3, 0.4) is 0 Å². The van der Waals surface area contributed by atoms with Gasteiger partial charge in [-0.25, -0.2) is 0 Å². The molecule has 0 spiro atoms. The van der Waals surface area contributed by atoms with E-state index in [9.17, 15) is 0 Å². The van der Waals surface area contributed by atoms with Gasteiger partial charge >= 0.3 is 0 Å². The zero-order valence-corrected chi connectivity index (χ0v) is 10.5. The summed E-state index contributed by atoms with van der Waals surface area (Å²) in [6.45, 7) is 1.85. The van der Waals surface area contributed by atoms with Crippen molar-refractivity contribution in [2.45, 2.75) is 50.7 Å². The van der Waals surface area contributed by atoms with Crippen LogP contribution in [-0.4, -0.2) is 32.3 Å². The van der Waals surface area contributed by atoms with E-state index >= 15 is 0 Å². The van der Waals surface area contributed by atoms with E-state index in [1.54, 1.807) is 0 Å². The minimum Gasteiger partial charge on any atom is -0.380 e. The molecule has 3 heteroatoms. The fourth-order valence-corrected chi connectivity index (χ4v) is 2.94. The second-order valence-electron chi connectivity index (χ2n) is 5.41. The van der Waals surface area contributed by atoms with Crippen LogP contribution in [0.25, 0.3) is 0 Å². The van der Waals surface area contributed by atoms with Crippen molar-refractivity contribution in [2.24, 2.45) is 17.6 Å². The van der Waals surface area contributed by atoms with E-state index in [0.717, 1.165) is 19.0 Å². The van der Waals surface area contributed by atoms with Crippen molar-refractivity contribution in [3.8, 4) is 0 Å². The molecule has 0 bridgehead atoms. The summed E-state index contributed by atoms with van der Waals surface area (Å²) in [5.74, 6) is 1.50. The summed E-state index contributed by atoms with van der Waals surface area (Å²) in [4.78, 5) is 0. The average Bonchev–Trinajstić information content (AvgIpc) is 3.15. The van der Waals surface area contributed by atoms with Gasteiger partial charge in [-0.1, -0.05) is 12.8 Å². The summed E-state index contributed by atoms with van der Waals surface area (Å²) < 4.78 is 5.54. The van der Waals surface area contributed by atoms with Gasteiger partial charge in [0.2, 0.25) is 0 Å². The lowest BCUT2D eigenvalue weighted by Crippen LogP contribution is -2.45. The first kappa shape index (κ1) is 12.3. The second-order valence-corrected chi connectivity index (χ2v) is 5.41. The van der Waals surface area contributed by atoms with Crippen LogP contribution in [0, 0.1) is 11.8 Å². The molecule has 3 nitrogen and oxygen atoms in total. The summed E-state index contributed by atoms with van der Waals surface area (Å²) in [5, 5.41) is 3.69. The highest BCUT2D eigenvalue weighted by molar-refractivity contribution is 4.87. The molecule has 0 aromatic heterocycles. The largest absolute Gasteiger partial charge is 0.380 e. The Morgan fingerprint density at radius 3 is 2.62 bits per heavy atom. The molecule has 3 atom stereocenters. The lowest BCUT2D eigenvalue weighted by Gasteiger charge is -2.32. The van der Waals surface area contributed by atoms with Crippen LogP contribution in [0.2, 0.25) is 0 Å². The van der Waals surface area contributed by atoms with Crippen molar-refractivity contribution in [1.82, 2.24) is 5.32 Å². The molecule has 2 fully saturated rings. The Balaban J connectivity index is 1.73. The Bertz CT molecular complexity index is 206. The van der Waals surface area contributed by atoms with Crippen LogP contribution in [0.1, 0.15) is 38.5 Å². The maximum atomic E-state index is 5.83. The van der Waals surface area contributed by atoms with E-state index < -0.39 is 0 Å². The van der Waals surface area contributed by atoms with Gasteiger partial charge in [0.15, 0.2) is 0 Å². The Morgan fingerprint density at radius 1 is 1.25 bits per heavy atom. The maximum absolute atomic E-state index is 5.83. The molecule has 0 radical (unpaired) electrons. The van der Waals surface area contributed by atoms with Gasteiger partial charge in [-0.3, -0.25) is 0 Å². The van der Waals surface area contributed by atoms with Crippen molar-refractivity contribution in [3.05, 3.63) is 0 Å². The van der Waals surface area contributed by atoms with E-state index in [1.807, 2.05) is 7.11 Å². The molecule has 0 aromatic carbocycles. The third-order valence-electron chi connectivity index (χ3n) is 4.24. The van der Waals surface area contributed by atoms with Crippen molar-refractivity contribution in [2.75, 3.05) is 20.2 Å². The van der Waals surface area contributed by atoms with Gasteiger partial charge in [-0.05, 0) is 44.1 Å². The van der Waals surface area contributed by atoms with Crippen LogP contribution in [-0.2, 0) is 4.74 Å². The van der Waals surface area contributed by atoms with E-state index in [1.165, 1.54) is 38.5 Å². The number of rotatable bonds is 6. The molecule has 2 rings (SSSR count). The first-order chi connectivity index (χ1) is 7.85. The Kier molecular flexibility index (Phi) is 4.62. The number of nitrogens with two attached hydrogens (primary N) is 1. The van der Waals surface area contributed by atoms with Crippen molar-refractivity contribution >= 4 is 0 Å². The van der Waals surface area contributed by atoms with Gasteiger partial charge in [0, 0.05) is 19.7 Å². The number of ether oxygens (including phenoxy) is 1. The highest BCUT2D eigenvalue weighted by Crippen LogP contribution is 2.34. The minimum atomic E-state index is 0.431. The van der Waals surface area contributed by atoms with Crippen LogP contribution < -0.4 is 11.1 Å². The maximum Gasteiger partial charge on any atom is 0.0723 e. The van der Waals surface area contributed by atoms with Gasteiger partial charge in [0.05, 0.1) is 6.10 Å². The molecule has 3 N–H and O–H groups in total. The number of hydrogen-bond donors (Lipinski definition) is 2. The topological polar surface area (TPSA) is 47.3 Å². The average molecular weight is 226 g/mol. The first-order valence-corrected chi connectivity index (χ1v) is 6.81. The van der Waals surface area contributed by atoms with Crippen LogP contribution in [0.15, 0.2) is 0 Å². The van der Waals surface area contributed by atoms with Gasteiger partial charge in [0.1, 0.15) is 0 Å². The summed E-state index contributed by atoms with van der Waals surface area (Å²) in [5.41, 5.74) is 5.83. The summed E-state index contributed by atoms with van der Waals surface area (Å²) in [6.07, 6.45) is 8.44. The Morgan fingerprint density at radius 2 is 2.00 bits per heavy atom. The number of nitrogens with one attached hydrogen (secondary N) is 1. The molecule has 94 valence electrons. The van der Waals surface area contributed by atoms with Gasteiger partial charge in [0.25, 0.3) is 0 Å². The van der Waals surface area contributed by atoms with Crippen LogP contribution >= 0.6 is 0 Å². The van der Waals surface area contributed by atoms with Gasteiger partial charge in [-0.15, -0.1) is 0 Å². The lowest BCUT2D eigenvalue weighted by atomic mass is 9.84. The molecule has 2 saturated carbocycles. The third-order valence-corrected chi connectivity index (χ3v) is 4.24. The summed E-state index contributed by atoms with van der Waals surface area (Å²) in [7, 11) is 1.84. The van der Waals surface area contributed by atoms with E-state index in [2.05, 4.69) is 5.32 Å². The predicted octanol–water partition coefficient (Wildman–Crippen LogP) is 1.52. The zero-order chi connectivity index (χ0) is 11.4. The van der Waals surface area contributed by atoms with E-state index in [-0.39, 0.29) is 0 Å². The molecule has 0 aliphatic heterocycles. The molecule has 16 heavy (non-hydrogen) atoms. The molecule has 0 aromatic rings. The summed E-state index contributed by atoms with van der Waals surface area (Å²) >= 11 is 0. The molecule has 2 aliphatic carbocycles. The van der Waals surface area contributed by atoms with E-state index in [4.69, 9.17) is 10.5 Å². The molecular weight excluding hydrogens is 200 g/mol. The number of methoxy groups -OCH3 is 1. The second kappa shape index (κ2) is 5.99. The Hall–Kier alpha value is -0.120. The van der Waals surface area contributed by atoms with Crippen molar-refractivity contribution in [1.29, 1.82) is 0 Å². The normalized spacial score (nSPS) is 32.6. The monoisotopic (exact) mass is 226 g/mol. The highest BCUT2D eigenvalue weighted by Gasteiger charge is 2.32. The van der Waals surface area contributed by atoms with E-state index in [0.29, 0.717) is 18.1 Å². The van der Waals surface area contributed by atoms with Crippen LogP contribution in [0.5, 0.6) is 0 Å². The standard InChI is InChI=1S/C13H26N2O/c1-16-13(10-6-7-10)9-15-12-5-3-2-4-11(12)8-14/h10-13,15H,2-9,14H2,1H3. The predicted molar refractivity (Wildman–Crippen MR) is 66.3 cm³/mol. The van der Waals surface area contributed by atoms with Crippen molar-refractivity contribution < 1.29 is 4.74 Å². The first-order valence-electron chi connectivity index (χ1n) is 6.81. The fraction of sp³-hybridized carbons (Fsp3) is 1.00. The third kappa shape index (κ3) is 3.19. The van der Waals surface area contributed by atoms with Crippen LogP contribution in [0.4, 0.5) is 0 Å². The molecule has 3 unspecified atom stereocenters. The highest BCUT2D eigenvalue weighted by atomic mass is 16.5. The summed E-state index contributed by atoms with van der Waals surface area (Å²) in [6, 6.07) is 0.634.